The van der Waals surface area contributed by atoms with Crippen LogP contribution in [0, 0.1) is 0 Å². The molecule has 0 rings (SSSR count). The maximum absolute atomic E-state index is 9.55. The van der Waals surface area contributed by atoms with Gasteiger partial charge in [0.15, 0.2) is 6.80 Å². The first kappa shape index (κ1) is 6.50. The molecule has 0 spiro atoms. The van der Waals surface area contributed by atoms with Crippen molar-refractivity contribution in [3.05, 3.63) is 0 Å². The van der Waals surface area contributed by atoms with Crippen molar-refractivity contribution in [3.8, 4) is 0 Å². The molecule has 1 N–H and O–H groups in total. The first-order chi connectivity index (χ1) is 2.56. The fourth-order valence-corrected chi connectivity index (χ4v) is 0. The molecule has 0 fully saturated rings. The summed E-state index contributed by atoms with van der Waals surface area (Å²) in [7, 11) is 0. The van der Waals surface area contributed by atoms with Crippen LogP contribution in [0.15, 0.2) is 0 Å². The minimum Gasteiger partial charge on any atom is -0.770 e. The molecule has 6 heavy (non-hydrogen) atoms. The smallest absolute Gasteiger partial charge is 0.189 e. The van der Waals surface area contributed by atoms with Gasteiger partial charge in [-0.2, -0.15) is 0 Å². The van der Waals surface area contributed by atoms with Gasteiger partial charge in [0.05, 0.1) is 0 Å². The van der Waals surface area contributed by atoms with Gasteiger partial charge >= 0.3 is 0 Å². The van der Waals surface area contributed by atoms with Crippen molar-refractivity contribution in [2.45, 2.75) is 0 Å². The lowest BCUT2D eigenvalue weighted by atomic mass is 12.0. The molecule has 3 nitrogen and oxygen atoms in total. The third-order valence-corrected chi connectivity index (χ3v) is 2.08. The molecule has 1 atom stereocenters. The lowest BCUT2D eigenvalue weighted by Crippen LogP contribution is -1.91. The van der Waals surface area contributed by atoms with Crippen molar-refractivity contribution >= 4 is 18.2 Å². The van der Waals surface area contributed by atoms with Gasteiger partial charge in [0.1, 0.15) is 0 Å². The summed E-state index contributed by atoms with van der Waals surface area (Å²) >= 11 is 0.437. The summed E-state index contributed by atoms with van der Waals surface area (Å²) < 4.78 is 9.55. The quantitative estimate of drug-likeness (QED) is 0.496. The molecule has 0 aromatic rings. The van der Waals surface area contributed by atoms with E-state index >= 15 is 0 Å². The maximum Gasteiger partial charge on any atom is 0.189 e. The zero-order valence-electron chi connectivity index (χ0n) is 3.12. The normalized spacial score (nSPS) is 19.8. The summed E-state index contributed by atoms with van der Waals surface area (Å²) in [5.74, 6) is 0. The Morgan fingerprint density at radius 2 is 2.17 bits per heavy atom. The minimum atomic E-state index is -3.98. The average Bonchev–Trinajstić information content (AvgIpc) is 1.35. The molecule has 1 unspecified atom stereocenters. The van der Waals surface area contributed by atoms with E-state index in [1.54, 1.807) is 0 Å². The molecule has 0 aliphatic carbocycles. The van der Waals surface area contributed by atoms with Crippen LogP contribution >= 0.6 is 18.2 Å². The average molecular weight is 127 g/mol. The Kier molecular flexibility index (Phi) is 2.15. The topological polar surface area (TPSA) is 60.4 Å². The van der Waals surface area contributed by atoms with Crippen LogP contribution in [0.5, 0.6) is 0 Å². The van der Waals surface area contributed by atoms with Crippen molar-refractivity contribution in [3.63, 3.8) is 0 Å². The highest BCUT2D eigenvalue weighted by molar-refractivity contribution is 8.53. The second-order valence-electron chi connectivity index (χ2n) is 0.651. The number of rotatable bonds is 1. The Bertz CT molecular complexity index is 74.9. The molecule has 0 bridgehead atoms. The predicted octanol–water partition coefficient (Wildman–Crippen LogP) is -0.190. The first-order valence-corrected chi connectivity index (χ1v) is 4.56. The van der Waals surface area contributed by atoms with E-state index in [0.717, 1.165) is 0 Å². The Balaban J connectivity index is 3.48. The monoisotopic (exact) mass is 127 g/mol. The third kappa shape index (κ3) is 4.50. The maximum atomic E-state index is 9.55. The van der Waals surface area contributed by atoms with Crippen molar-refractivity contribution in [1.29, 1.82) is 0 Å². The first-order valence-electron chi connectivity index (χ1n) is 1.16. The van der Waals surface area contributed by atoms with Crippen molar-refractivity contribution in [2.24, 2.45) is 0 Å². The molecule has 0 saturated heterocycles. The second kappa shape index (κ2) is 1.98. The van der Waals surface area contributed by atoms with Crippen LogP contribution in [0.2, 0.25) is 0 Å². The van der Waals surface area contributed by atoms with E-state index in [-0.39, 0.29) is 0 Å². The molecule has 0 aliphatic heterocycles. The second-order valence-corrected chi connectivity index (χ2v) is 4.43. The van der Waals surface area contributed by atoms with Crippen molar-refractivity contribution in [2.75, 3.05) is 6.26 Å². The Morgan fingerprint density at radius 1 is 2.00 bits per heavy atom. The molecule has 0 aliphatic rings. The molecular weight excluding hydrogens is 123 g/mol. The minimum absolute atomic E-state index is 0.437. The Morgan fingerprint density at radius 3 is 2.17 bits per heavy atom. The lowest BCUT2D eigenvalue weighted by molar-refractivity contribution is -0.184. The molecular formula is CH4O3PS-. The van der Waals surface area contributed by atoms with Gasteiger partial charge in [-0.25, -0.2) is 0 Å². The summed E-state index contributed by atoms with van der Waals surface area (Å²) in [6.45, 7) is -3.98. The van der Waals surface area contributed by atoms with Gasteiger partial charge < -0.3 is 9.79 Å². The van der Waals surface area contributed by atoms with Crippen LogP contribution in [-0.2, 0) is 4.57 Å². The molecule has 0 aromatic heterocycles. The highest BCUT2D eigenvalue weighted by Gasteiger charge is 1.91. The summed E-state index contributed by atoms with van der Waals surface area (Å²) in [5.41, 5.74) is 0. The van der Waals surface area contributed by atoms with E-state index in [9.17, 15) is 9.46 Å². The van der Waals surface area contributed by atoms with Gasteiger partial charge in [-0.1, -0.05) is 11.4 Å². The fraction of sp³-hybridized carbons (Fsp3) is 1.00. The number of hydrogen-bond acceptors (Lipinski definition) is 3. The van der Waals surface area contributed by atoms with Gasteiger partial charge in [-0.3, -0.25) is 4.57 Å². The van der Waals surface area contributed by atoms with Crippen molar-refractivity contribution < 1.29 is 14.4 Å². The lowest BCUT2D eigenvalue weighted by Gasteiger charge is -2.08. The van der Waals surface area contributed by atoms with Gasteiger partial charge in [0.2, 0.25) is 0 Å². The molecule has 0 radical (unpaired) electrons. The summed E-state index contributed by atoms with van der Waals surface area (Å²) in [6.07, 6.45) is 1.30. The fourth-order valence-electron chi connectivity index (χ4n) is 0. The predicted molar refractivity (Wildman–Crippen MR) is 23.3 cm³/mol. The molecule has 0 heterocycles. The molecule has 5 heteroatoms. The van der Waals surface area contributed by atoms with Gasteiger partial charge in [0.25, 0.3) is 0 Å². The van der Waals surface area contributed by atoms with Crippen LogP contribution in [0.4, 0.5) is 0 Å². The summed E-state index contributed by atoms with van der Waals surface area (Å²) in [4.78, 5) is 17.3. The number of hydrogen-bond donors (Lipinski definition) is 1. The highest BCUT2D eigenvalue weighted by Crippen LogP contribution is 2.42. The van der Waals surface area contributed by atoms with Crippen molar-refractivity contribution in [1.82, 2.24) is 0 Å². The largest absolute Gasteiger partial charge is 0.770 e. The molecule has 0 amide bonds. The van der Waals surface area contributed by atoms with E-state index < -0.39 is 6.80 Å². The van der Waals surface area contributed by atoms with E-state index in [4.69, 9.17) is 4.89 Å². The van der Waals surface area contributed by atoms with Crippen LogP contribution < -0.4 is 4.89 Å². The van der Waals surface area contributed by atoms with Crippen LogP contribution in [0.25, 0.3) is 0 Å². The standard InChI is InChI=1S/CH5O3PS/c1-6-5(2,3)4/h1H3,(H2,2,3,4)/p-1. The summed E-state index contributed by atoms with van der Waals surface area (Å²) in [5, 5.41) is 0. The van der Waals surface area contributed by atoms with E-state index in [1.807, 2.05) is 0 Å². The summed E-state index contributed by atoms with van der Waals surface area (Å²) in [6, 6.07) is 0. The molecule has 0 aromatic carbocycles. The highest BCUT2D eigenvalue weighted by atomic mass is 32.7. The third-order valence-electron chi connectivity index (χ3n) is 0.231. The zero-order chi connectivity index (χ0) is 5.21. The SMILES string of the molecule is CSP(=O)([O-])O. The zero-order valence-corrected chi connectivity index (χ0v) is 4.83. The van der Waals surface area contributed by atoms with Crippen LogP contribution in [0.3, 0.4) is 0 Å². The molecule has 0 saturated carbocycles. The van der Waals surface area contributed by atoms with Gasteiger partial charge in [-0.05, 0) is 6.26 Å². The van der Waals surface area contributed by atoms with E-state index in [1.165, 1.54) is 6.26 Å². The van der Waals surface area contributed by atoms with Gasteiger partial charge in [-0.15, -0.1) is 0 Å². The Labute approximate surface area is 39.7 Å². The Hall–Kier alpha value is 0.500. The van der Waals surface area contributed by atoms with E-state index in [0.29, 0.717) is 11.4 Å². The van der Waals surface area contributed by atoms with Crippen LogP contribution in [0.1, 0.15) is 0 Å². The van der Waals surface area contributed by atoms with Crippen LogP contribution in [-0.4, -0.2) is 11.1 Å². The molecule has 38 valence electrons. The van der Waals surface area contributed by atoms with Gasteiger partial charge in [0, 0.05) is 0 Å². The van der Waals surface area contributed by atoms with E-state index in [2.05, 4.69) is 0 Å².